The molecule has 0 saturated carbocycles. The molecule has 0 aliphatic carbocycles. The molecule has 1 atom stereocenters. The fourth-order valence-corrected chi connectivity index (χ4v) is 6.88. The molecule has 0 amide bonds. The van der Waals surface area contributed by atoms with Crippen LogP contribution in [-0.4, -0.2) is 85.0 Å². The number of aliphatic carboxylic acids is 2. The number of rotatable bonds is 40. The van der Waals surface area contributed by atoms with Gasteiger partial charge in [0.15, 0.2) is 0 Å². The van der Waals surface area contributed by atoms with Crippen molar-refractivity contribution >= 4 is 41.8 Å². The van der Waals surface area contributed by atoms with Gasteiger partial charge >= 0.3 is 41.8 Å². The normalized spacial score (nSPS) is 11.3. The number of carbonyl (C=O) groups is 7. The average Bonchev–Trinajstić information content (AvgIpc) is 3.35. The summed E-state index contributed by atoms with van der Waals surface area (Å²) < 4.78 is 26.0. The lowest BCUT2D eigenvalue weighted by Gasteiger charge is -2.14. The van der Waals surface area contributed by atoms with Crippen LogP contribution in [0, 0.1) is 5.92 Å². The Labute approximate surface area is 427 Å². The van der Waals surface area contributed by atoms with Crippen molar-refractivity contribution in [1.29, 1.82) is 0 Å². The van der Waals surface area contributed by atoms with Crippen molar-refractivity contribution in [2.45, 2.75) is 222 Å². The van der Waals surface area contributed by atoms with Crippen LogP contribution in [0.4, 0.5) is 0 Å². The minimum atomic E-state index is -1.19. The van der Waals surface area contributed by atoms with E-state index in [2.05, 4.69) is 27.7 Å². The summed E-state index contributed by atoms with van der Waals surface area (Å²) in [6.07, 6.45) is 30.5. The Morgan fingerprint density at radius 1 is 0.451 bits per heavy atom. The molecule has 0 fully saturated rings. The average molecular weight is 1000 g/mol. The smallest absolute Gasteiger partial charge is 0.339 e. The molecule has 14 heteroatoms. The molecule has 0 bridgehead atoms. The summed E-state index contributed by atoms with van der Waals surface area (Å²) >= 11 is 0. The Hall–Kier alpha value is -5.01. The van der Waals surface area contributed by atoms with Gasteiger partial charge < -0.3 is 33.9 Å². The Kier molecular flexibility index (Phi) is 46.6. The second kappa shape index (κ2) is 48.6. The van der Waals surface area contributed by atoms with E-state index in [9.17, 15) is 33.6 Å². The number of carbonyl (C=O) groups excluding carboxylic acids is 5. The summed E-state index contributed by atoms with van der Waals surface area (Å²) in [5.41, 5.74) is 0.416. The van der Waals surface area contributed by atoms with Crippen molar-refractivity contribution in [3.05, 3.63) is 58.7 Å². The lowest BCUT2D eigenvalue weighted by molar-refractivity contribution is -0.140. The lowest BCUT2D eigenvalue weighted by atomic mass is 9.92. The van der Waals surface area contributed by atoms with E-state index in [-0.39, 0.29) is 34.8 Å². The van der Waals surface area contributed by atoms with Crippen LogP contribution in [0.25, 0.3) is 0 Å². The second-order valence-corrected chi connectivity index (χ2v) is 17.8. The Morgan fingerprint density at radius 2 is 0.831 bits per heavy atom. The SMILES string of the molecule is CCCCC(CC)C/C(=C/C(=O)O)C(=O)O.CCCCCCCCOC(=O)c1ccc(C(=O)OCCCCCCCC)c(C(=O)OCCCCCCCC)c1.CCCCOC(=O)/C=C\C(=O)OCCCC. The molecular weight excluding hydrogens is 909 g/mol. The zero-order valence-electron chi connectivity index (χ0n) is 45.0. The van der Waals surface area contributed by atoms with E-state index < -0.39 is 41.8 Å². The van der Waals surface area contributed by atoms with Crippen LogP contribution in [0.1, 0.15) is 253 Å². The summed E-state index contributed by atoms with van der Waals surface area (Å²) in [5, 5.41) is 17.4. The number of hydrogen-bond donors (Lipinski definition) is 2. The fourth-order valence-electron chi connectivity index (χ4n) is 6.88. The molecule has 1 aromatic rings. The summed E-state index contributed by atoms with van der Waals surface area (Å²) in [4.78, 5) is 81.8. The van der Waals surface area contributed by atoms with Crippen molar-refractivity contribution in [2.75, 3.05) is 33.0 Å². The highest BCUT2D eigenvalue weighted by molar-refractivity contribution is 6.05. The van der Waals surface area contributed by atoms with E-state index in [0.717, 1.165) is 127 Å². The highest BCUT2D eigenvalue weighted by Gasteiger charge is 2.23. The van der Waals surface area contributed by atoms with E-state index in [1.807, 2.05) is 20.8 Å². The Bertz CT molecular complexity index is 1620. The van der Waals surface area contributed by atoms with E-state index in [4.69, 9.17) is 33.9 Å². The van der Waals surface area contributed by atoms with Gasteiger partial charge in [0.25, 0.3) is 0 Å². The third-order valence-corrected chi connectivity index (χ3v) is 11.4. The Balaban J connectivity index is 0. The van der Waals surface area contributed by atoms with Crippen molar-refractivity contribution in [2.24, 2.45) is 5.92 Å². The maximum absolute atomic E-state index is 13.0. The quantitative estimate of drug-likeness (QED) is 0.0272. The Morgan fingerprint density at radius 3 is 1.23 bits per heavy atom. The van der Waals surface area contributed by atoms with Crippen LogP contribution in [0.3, 0.4) is 0 Å². The van der Waals surface area contributed by atoms with Crippen LogP contribution in [-0.2, 0) is 42.9 Å². The van der Waals surface area contributed by atoms with Gasteiger partial charge in [-0.15, -0.1) is 0 Å². The van der Waals surface area contributed by atoms with Gasteiger partial charge in [-0.25, -0.2) is 33.6 Å². The molecule has 0 spiro atoms. The van der Waals surface area contributed by atoms with Crippen molar-refractivity contribution in [3.8, 4) is 0 Å². The predicted molar refractivity (Wildman–Crippen MR) is 280 cm³/mol. The first kappa shape index (κ1) is 68.1. The summed E-state index contributed by atoms with van der Waals surface area (Å²) in [7, 11) is 0. The van der Waals surface area contributed by atoms with Gasteiger partial charge in [0, 0.05) is 23.8 Å². The zero-order valence-corrected chi connectivity index (χ0v) is 45.0. The third kappa shape index (κ3) is 40.3. The number of hydrogen-bond acceptors (Lipinski definition) is 12. The van der Waals surface area contributed by atoms with Gasteiger partial charge in [0.2, 0.25) is 0 Å². The summed E-state index contributed by atoms with van der Waals surface area (Å²) in [6.45, 7) is 16.3. The van der Waals surface area contributed by atoms with Crippen molar-refractivity contribution in [1.82, 2.24) is 0 Å². The number of carboxylic acids is 2. The highest BCUT2D eigenvalue weighted by Crippen LogP contribution is 2.22. The molecular formula is C57H94O14. The molecule has 406 valence electrons. The first-order valence-corrected chi connectivity index (χ1v) is 27.1. The number of unbranched alkanes of at least 4 members (excludes halogenated alkanes) is 18. The molecule has 0 radical (unpaired) electrons. The van der Waals surface area contributed by atoms with Gasteiger partial charge in [0.05, 0.1) is 49.7 Å². The van der Waals surface area contributed by atoms with Crippen LogP contribution in [0.5, 0.6) is 0 Å². The molecule has 0 heterocycles. The molecule has 0 saturated heterocycles. The third-order valence-electron chi connectivity index (χ3n) is 11.4. The highest BCUT2D eigenvalue weighted by atomic mass is 16.5. The molecule has 71 heavy (non-hydrogen) atoms. The number of benzene rings is 1. The van der Waals surface area contributed by atoms with Crippen molar-refractivity contribution in [3.63, 3.8) is 0 Å². The largest absolute Gasteiger partial charge is 0.478 e. The fraction of sp³-hybridized carbons (Fsp3) is 0.702. The van der Waals surface area contributed by atoms with E-state index in [1.165, 1.54) is 76.0 Å². The predicted octanol–water partition coefficient (Wildman–Crippen LogP) is 14.2. The van der Waals surface area contributed by atoms with Gasteiger partial charge in [-0.2, -0.15) is 0 Å². The van der Waals surface area contributed by atoms with E-state index >= 15 is 0 Å². The first-order valence-electron chi connectivity index (χ1n) is 27.1. The first-order chi connectivity index (χ1) is 34.3. The minimum Gasteiger partial charge on any atom is -0.478 e. The van der Waals surface area contributed by atoms with Crippen LogP contribution >= 0.6 is 0 Å². The molecule has 0 aliphatic rings. The van der Waals surface area contributed by atoms with E-state index in [1.54, 1.807) is 0 Å². The summed E-state index contributed by atoms with van der Waals surface area (Å²) in [5.74, 6) is -4.73. The molecule has 1 rings (SSSR count). The number of ether oxygens (including phenoxy) is 5. The molecule has 0 aromatic heterocycles. The molecule has 1 unspecified atom stereocenters. The molecule has 14 nitrogen and oxygen atoms in total. The number of carboxylic acid groups (broad SMARTS) is 2. The number of esters is 5. The van der Waals surface area contributed by atoms with E-state index in [0.29, 0.717) is 32.8 Å². The maximum atomic E-state index is 13.0. The molecule has 2 N–H and O–H groups in total. The zero-order chi connectivity index (χ0) is 53.3. The minimum absolute atomic E-state index is 0.00421. The van der Waals surface area contributed by atoms with Gasteiger partial charge in [-0.3, -0.25) is 0 Å². The van der Waals surface area contributed by atoms with Crippen molar-refractivity contribution < 1.29 is 67.5 Å². The standard InChI is InChI=1S/C33H54O6.2C12H20O4/c1-4-7-10-13-16-19-24-37-31(34)28-22-23-29(32(35)38-25-20-17-14-11-8-5-2)30(27-28)33(36)39-26-21-18-15-12-9-6-3;1-3-5-6-9(4-2)7-10(12(15)16)8-11(13)14;1-3-5-9-15-11(13)7-8-12(14)16-10-6-4-2/h22-23,27H,4-21,24-26H2,1-3H3;8-9H,3-7H2,1-2H3,(H,13,14)(H,15,16);7-8H,3-6,9-10H2,1-2H3/b;10-8-;8-7-. The molecule has 1 aromatic carbocycles. The topological polar surface area (TPSA) is 206 Å². The monoisotopic (exact) mass is 1000 g/mol. The van der Waals surface area contributed by atoms with Gasteiger partial charge in [-0.1, -0.05) is 183 Å². The maximum Gasteiger partial charge on any atom is 0.339 e. The molecule has 0 aliphatic heterocycles. The lowest BCUT2D eigenvalue weighted by Crippen LogP contribution is -2.17. The van der Waals surface area contributed by atoms with Crippen LogP contribution in [0.2, 0.25) is 0 Å². The van der Waals surface area contributed by atoms with Gasteiger partial charge in [0.1, 0.15) is 0 Å². The van der Waals surface area contributed by atoms with Crippen LogP contribution in [0.15, 0.2) is 42.0 Å². The summed E-state index contributed by atoms with van der Waals surface area (Å²) in [6, 6.07) is 4.41. The van der Waals surface area contributed by atoms with Gasteiger partial charge in [-0.05, 0) is 62.6 Å². The second-order valence-electron chi connectivity index (χ2n) is 17.8. The van der Waals surface area contributed by atoms with Crippen LogP contribution < -0.4 is 0 Å².